The molecule has 1 N–H and O–H groups in total. The topological polar surface area (TPSA) is 38.3 Å². The van der Waals surface area contributed by atoms with E-state index in [1.807, 2.05) is 13.0 Å². The average Bonchev–Trinajstić information content (AvgIpc) is 2.36. The number of aryl methyl sites for hydroxylation is 1. The minimum Gasteiger partial charge on any atom is -0.375 e. The molecule has 1 aliphatic carbocycles. The molecule has 21 heavy (non-hydrogen) atoms. The van der Waals surface area contributed by atoms with E-state index < -0.39 is 0 Å². The van der Waals surface area contributed by atoms with Crippen molar-refractivity contribution >= 4 is 5.91 Å². The van der Waals surface area contributed by atoms with Crippen LogP contribution in [-0.4, -0.2) is 25.7 Å². The van der Waals surface area contributed by atoms with Gasteiger partial charge in [-0.3, -0.25) is 4.79 Å². The monoisotopic (exact) mass is 287 g/mol. The normalized spacial score (nSPS) is 16.1. The van der Waals surface area contributed by atoms with Crippen molar-refractivity contribution in [2.24, 2.45) is 0 Å². The number of carbonyl (C=O) groups is 1. The predicted octanol–water partition coefficient (Wildman–Crippen LogP) is 3.13. The first-order valence-electron chi connectivity index (χ1n) is 7.62. The predicted molar refractivity (Wildman–Crippen MR) is 85.4 cm³/mol. The van der Waals surface area contributed by atoms with Crippen molar-refractivity contribution in [3.8, 4) is 0 Å². The van der Waals surface area contributed by atoms with Gasteiger partial charge in [-0.1, -0.05) is 48.4 Å². The molecule has 0 aliphatic heterocycles. The van der Waals surface area contributed by atoms with Crippen molar-refractivity contribution in [3.63, 3.8) is 0 Å². The van der Waals surface area contributed by atoms with Crippen LogP contribution in [0.4, 0.5) is 0 Å². The van der Waals surface area contributed by atoms with E-state index in [2.05, 4.69) is 37.0 Å². The average molecular weight is 287 g/mol. The van der Waals surface area contributed by atoms with Crippen LogP contribution in [0.5, 0.6) is 0 Å². The van der Waals surface area contributed by atoms with E-state index in [0.29, 0.717) is 19.8 Å². The molecule has 0 saturated heterocycles. The summed E-state index contributed by atoms with van der Waals surface area (Å²) < 4.78 is 5.42. The Morgan fingerprint density at radius 2 is 2.19 bits per heavy atom. The maximum atomic E-state index is 12.6. The lowest BCUT2D eigenvalue weighted by molar-refractivity contribution is -0.130. The summed E-state index contributed by atoms with van der Waals surface area (Å²) in [4.78, 5) is 12.6. The third kappa shape index (κ3) is 3.73. The van der Waals surface area contributed by atoms with E-state index in [0.717, 1.165) is 30.4 Å². The molecule has 0 heterocycles. The molecule has 0 radical (unpaired) electrons. The van der Waals surface area contributed by atoms with Gasteiger partial charge in [0, 0.05) is 6.54 Å². The fourth-order valence-corrected chi connectivity index (χ4v) is 2.77. The molecule has 0 bridgehead atoms. The van der Waals surface area contributed by atoms with Crippen LogP contribution in [0.2, 0.25) is 0 Å². The summed E-state index contributed by atoms with van der Waals surface area (Å²) in [5, 5.41) is 3.02. The molecule has 3 heteroatoms. The number of benzene rings is 1. The van der Waals surface area contributed by atoms with Crippen molar-refractivity contribution in [2.75, 3.05) is 19.8 Å². The highest BCUT2D eigenvalue weighted by atomic mass is 16.5. The van der Waals surface area contributed by atoms with Crippen molar-refractivity contribution in [1.82, 2.24) is 5.32 Å². The van der Waals surface area contributed by atoms with Crippen LogP contribution in [0, 0.1) is 6.92 Å². The summed E-state index contributed by atoms with van der Waals surface area (Å²) in [6, 6.07) is 8.31. The van der Waals surface area contributed by atoms with Gasteiger partial charge in [0.1, 0.15) is 0 Å². The van der Waals surface area contributed by atoms with Gasteiger partial charge < -0.3 is 10.1 Å². The van der Waals surface area contributed by atoms with Crippen LogP contribution in [0.25, 0.3) is 0 Å². The number of ether oxygens (including phenoxy) is 1. The Bertz CT molecular complexity index is 518. The maximum absolute atomic E-state index is 12.6. The van der Waals surface area contributed by atoms with E-state index >= 15 is 0 Å². The highest BCUT2D eigenvalue weighted by Gasteiger charge is 2.45. The van der Waals surface area contributed by atoms with Crippen LogP contribution in [0.1, 0.15) is 37.3 Å². The first-order chi connectivity index (χ1) is 10.0. The molecule has 0 unspecified atom stereocenters. The van der Waals surface area contributed by atoms with Gasteiger partial charge in [-0.2, -0.15) is 0 Å². The fraction of sp³-hybridized carbons (Fsp3) is 0.500. The van der Waals surface area contributed by atoms with Crippen LogP contribution in [0.3, 0.4) is 0 Å². The molecule has 0 atom stereocenters. The molecule has 1 aromatic carbocycles. The van der Waals surface area contributed by atoms with Crippen LogP contribution >= 0.6 is 0 Å². The van der Waals surface area contributed by atoms with Crippen LogP contribution < -0.4 is 5.32 Å². The molecule has 2 rings (SSSR count). The van der Waals surface area contributed by atoms with Crippen LogP contribution in [0.15, 0.2) is 36.4 Å². The van der Waals surface area contributed by atoms with Gasteiger partial charge in [0.25, 0.3) is 0 Å². The highest BCUT2D eigenvalue weighted by Crippen LogP contribution is 2.44. The Balaban J connectivity index is 1.91. The zero-order chi connectivity index (χ0) is 15.3. The molecule has 0 spiro atoms. The van der Waals surface area contributed by atoms with E-state index in [1.165, 1.54) is 5.56 Å². The molecular formula is C18H25NO2. The Morgan fingerprint density at radius 3 is 2.76 bits per heavy atom. The third-order valence-corrected chi connectivity index (χ3v) is 4.09. The van der Waals surface area contributed by atoms with Gasteiger partial charge >= 0.3 is 0 Å². The van der Waals surface area contributed by atoms with E-state index in [-0.39, 0.29) is 11.3 Å². The highest BCUT2D eigenvalue weighted by molar-refractivity contribution is 5.89. The molecule has 1 fully saturated rings. The summed E-state index contributed by atoms with van der Waals surface area (Å²) >= 11 is 0. The Labute approximate surface area is 127 Å². The number of nitrogens with one attached hydrogen (secondary N) is 1. The molecule has 114 valence electrons. The zero-order valence-electron chi connectivity index (χ0n) is 13.1. The van der Waals surface area contributed by atoms with Crippen molar-refractivity contribution in [1.29, 1.82) is 0 Å². The molecule has 1 saturated carbocycles. The minimum absolute atomic E-state index is 0.137. The van der Waals surface area contributed by atoms with Gasteiger partial charge in [-0.15, -0.1) is 0 Å². The van der Waals surface area contributed by atoms with Gasteiger partial charge in [0.15, 0.2) is 0 Å². The Kier molecular flexibility index (Phi) is 5.18. The smallest absolute Gasteiger partial charge is 0.230 e. The van der Waals surface area contributed by atoms with E-state index in [9.17, 15) is 4.79 Å². The second-order valence-corrected chi connectivity index (χ2v) is 6.07. The molecule has 1 amide bonds. The number of hydrogen-bond acceptors (Lipinski definition) is 2. The SMILES string of the molecule is C=C(C)COCCNC(=O)C1(c2cccc(C)c2)CCC1. The molecule has 0 aromatic heterocycles. The number of amides is 1. The summed E-state index contributed by atoms with van der Waals surface area (Å²) in [7, 11) is 0. The molecule has 1 aromatic rings. The van der Waals surface area contributed by atoms with Gasteiger partial charge in [0.2, 0.25) is 5.91 Å². The summed E-state index contributed by atoms with van der Waals surface area (Å²) in [5.41, 5.74) is 3.03. The van der Waals surface area contributed by atoms with E-state index in [4.69, 9.17) is 4.74 Å². The summed E-state index contributed by atoms with van der Waals surface area (Å²) in [5.74, 6) is 0.137. The zero-order valence-corrected chi connectivity index (χ0v) is 13.1. The van der Waals surface area contributed by atoms with E-state index in [1.54, 1.807) is 0 Å². The largest absolute Gasteiger partial charge is 0.375 e. The van der Waals surface area contributed by atoms with Gasteiger partial charge in [-0.25, -0.2) is 0 Å². The standard InChI is InChI=1S/C18H25NO2/c1-14(2)13-21-11-10-19-17(20)18(8-5-9-18)16-7-4-6-15(3)12-16/h4,6-7,12H,1,5,8-11,13H2,2-3H3,(H,19,20). The number of hydrogen-bond donors (Lipinski definition) is 1. The summed E-state index contributed by atoms with van der Waals surface area (Å²) in [6.07, 6.45) is 3.00. The Hall–Kier alpha value is -1.61. The van der Waals surface area contributed by atoms with Gasteiger partial charge in [-0.05, 0) is 32.3 Å². The maximum Gasteiger partial charge on any atom is 0.230 e. The first kappa shape index (κ1) is 15.8. The van der Waals surface area contributed by atoms with Crippen molar-refractivity contribution in [3.05, 3.63) is 47.5 Å². The molecule has 3 nitrogen and oxygen atoms in total. The Morgan fingerprint density at radius 1 is 1.43 bits per heavy atom. The van der Waals surface area contributed by atoms with Gasteiger partial charge in [0.05, 0.1) is 18.6 Å². The molecule has 1 aliphatic rings. The lowest BCUT2D eigenvalue weighted by atomic mass is 9.63. The lowest BCUT2D eigenvalue weighted by Gasteiger charge is -2.41. The first-order valence-corrected chi connectivity index (χ1v) is 7.62. The van der Waals surface area contributed by atoms with Crippen molar-refractivity contribution in [2.45, 2.75) is 38.5 Å². The third-order valence-electron chi connectivity index (χ3n) is 4.09. The minimum atomic E-state index is -0.319. The number of carbonyl (C=O) groups excluding carboxylic acids is 1. The lowest BCUT2D eigenvalue weighted by Crippen LogP contribution is -2.49. The van der Waals surface area contributed by atoms with Crippen molar-refractivity contribution < 1.29 is 9.53 Å². The number of rotatable bonds is 7. The molecular weight excluding hydrogens is 262 g/mol. The summed E-state index contributed by atoms with van der Waals surface area (Å²) in [6.45, 7) is 9.42. The quantitative estimate of drug-likeness (QED) is 0.618. The second kappa shape index (κ2) is 6.90. The fourth-order valence-electron chi connectivity index (χ4n) is 2.77. The van der Waals surface area contributed by atoms with Crippen LogP contribution in [-0.2, 0) is 14.9 Å². The second-order valence-electron chi connectivity index (χ2n) is 6.07.